The molecule has 2 aliphatic carbocycles. The first kappa shape index (κ1) is 12.1. The monoisotopic (exact) mass is 282 g/mol. The molecule has 0 aromatic heterocycles. The number of hydrogen-bond acceptors (Lipinski definition) is 2. The van der Waals surface area contributed by atoms with E-state index in [1.54, 1.807) is 6.07 Å². The fraction of sp³-hybridized carbons (Fsp3) is 0.357. The van der Waals surface area contributed by atoms with Crippen molar-refractivity contribution in [2.45, 2.75) is 26.2 Å². The minimum Gasteiger partial charge on any atom is -0.506 e. The number of allylic oxidation sites excluding steroid dienone is 2. The van der Waals surface area contributed by atoms with Gasteiger partial charge in [-0.05, 0) is 42.4 Å². The summed E-state index contributed by atoms with van der Waals surface area (Å²) in [6.07, 6.45) is 2.96. The predicted molar refractivity (Wildman–Crippen MR) is 72.4 cm³/mol. The number of benzene rings is 1. The number of ketones is 1. The van der Waals surface area contributed by atoms with Crippen LogP contribution in [0.1, 0.15) is 42.1 Å². The summed E-state index contributed by atoms with van der Waals surface area (Å²) >= 11 is 12.0. The summed E-state index contributed by atoms with van der Waals surface area (Å²) in [5, 5.41) is 10.0. The first-order valence-electron chi connectivity index (χ1n) is 6.01. The minimum atomic E-state index is -0.0554. The topological polar surface area (TPSA) is 37.3 Å². The lowest BCUT2D eigenvalue weighted by molar-refractivity contribution is 0.102. The van der Waals surface area contributed by atoms with E-state index in [0.717, 1.165) is 36.0 Å². The Hall–Kier alpha value is -0.990. The molecule has 94 valence electrons. The number of Topliss-reactive ketones (excluding diaryl/α,β-unsaturated/α-hetero) is 1. The molecule has 0 fully saturated rings. The van der Waals surface area contributed by atoms with Gasteiger partial charge in [-0.2, -0.15) is 0 Å². The van der Waals surface area contributed by atoms with E-state index in [-0.39, 0.29) is 27.5 Å². The highest BCUT2D eigenvalue weighted by atomic mass is 35.5. The van der Waals surface area contributed by atoms with E-state index >= 15 is 0 Å². The van der Waals surface area contributed by atoms with Crippen LogP contribution in [0.4, 0.5) is 0 Å². The van der Waals surface area contributed by atoms with Gasteiger partial charge in [0.05, 0.1) is 10.6 Å². The Kier molecular flexibility index (Phi) is 2.68. The lowest BCUT2D eigenvalue weighted by Crippen LogP contribution is -2.11. The summed E-state index contributed by atoms with van der Waals surface area (Å²) in [5.74, 6) is 0.185. The number of halogens is 2. The number of phenolic OH excluding ortho intramolecular Hbond substituents is 1. The average Bonchev–Trinajstić information content (AvgIpc) is 2.61. The highest BCUT2D eigenvalue weighted by Crippen LogP contribution is 2.49. The van der Waals surface area contributed by atoms with Crippen molar-refractivity contribution in [1.82, 2.24) is 0 Å². The Bertz CT molecular complexity index is 602. The van der Waals surface area contributed by atoms with Crippen LogP contribution in [0.25, 0.3) is 5.57 Å². The Morgan fingerprint density at radius 2 is 2.06 bits per heavy atom. The van der Waals surface area contributed by atoms with Crippen molar-refractivity contribution in [3.8, 4) is 5.75 Å². The molecule has 0 radical (unpaired) electrons. The van der Waals surface area contributed by atoms with Gasteiger partial charge in [0.2, 0.25) is 0 Å². The Balaban J connectivity index is 2.29. The van der Waals surface area contributed by atoms with Crippen molar-refractivity contribution >= 4 is 34.6 Å². The molecule has 2 aliphatic rings. The number of rotatable bonds is 0. The van der Waals surface area contributed by atoms with Crippen molar-refractivity contribution < 1.29 is 9.90 Å². The Morgan fingerprint density at radius 3 is 2.78 bits per heavy atom. The molecule has 1 atom stereocenters. The summed E-state index contributed by atoms with van der Waals surface area (Å²) < 4.78 is 0. The van der Waals surface area contributed by atoms with Crippen LogP contribution in [0.5, 0.6) is 5.75 Å². The van der Waals surface area contributed by atoms with Crippen molar-refractivity contribution in [3.05, 3.63) is 32.8 Å². The zero-order valence-corrected chi connectivity index (χ0v) is 11.4. The third-order valence-electron chi connectivity index (χ3n) is 3.87. The van der Waals surface area contributed by atoms with Crippen LogP contribution in [0.3, 0.4) is 0 Å². The van der Waals surface area contributed by atoms with Gasteiger partial charge in [-0.25, -0.2) is 0 Å². The summed E-state index contributed by atoms with van der Waals surface area (Å²) in [5.41, 5.74) is 3.15. The molecule has 0 aliphatic heterocycles. The molecule has 0 heterocycles. The Labute approximate surface area is 115 Å². The average molecular weight is 283 g/mol. The first-order valence-corrected chi connectivity index (χ1v) is 6.77. The number of aromatic hydroxyl groups is 1. The van der Waals surface area contributed by atoms with Gasteiger partial charge in [-0.3, -0.25) is 4.79 Å². The fourth-order valence-electron chi connectivity index (χ4n) is 3.01. The molecular weight excluding hydrogens is 271 g/mol. The second-order valence-electron chi connectivity index (χ2n) is 4.96. The van der Waals surface area contributed by atoms with Crippen molar-refractivity contribution in [2.75, 3.05) is 0 Å². The van der Waals surface area contributed by atoms with Gasteiger partial charge in [-0.1, -0.05) is 30.1 Å². The molecule has 0 spiro atoms. The van der Waals surface area contributed by atoms with Gasteiger partial charge in [0, 0.05) is 5.57 Å². The van der Waals surface area contributed by atoms with Crippen LogP contribution >= 0.6 is 23.2 Å². The molecule has 1 N–H and O–H groups in total. The standard InChI is InChI=1S/C14H12Cl2O2/c1-6-3-2-4-7-8-5-9(17)12(15)13(16)11(8)14(18)10(6)7/h5-6,17H,2-4H2,1H3/t6-/m1/s1. The number of carbonyl (C=O) groups is 1. The van der Waals surface area contributed by atoms with E-state index in [0.29, 0.717) is 5.56 Å². The normalized spacial score (nSPS) is 22.2. The molecule has 2 nitrogen and oxygen atoms in total. The molecule has 0 saturated heterocycles. The van der Waals surface area contributed by atoms with E-state index in [1.807, 2.05) is 0 Å². The summed E-state index contributed by atoms with van der Waals surface area (Å²) in [6, 6.07) is 1.57. The van der Waals surface area contributed by atoms with Crippen LogP contribution in [0, 0.1) is 5.92 Å². The molecule has 0 unspecified atom stereocenters. The first-order chi connectivity index (χ1) is 8.52. The lowest BCUT2D eigenvalue weighted by atomic mass is 9.84. The van der Waals surface area contributed by atoms with Crippen LogP contribution in [-0.2, 0) is 0 Å². The molecule has 18 heavy (non-hydrogen) atoms. The fourth-order valence-corrected chi connectivity index (χ4v) is 3.44. The third kappa shape index (κ3) is 1.45. The van der Waals surface area contributed by atoms with Gasteiger partial charge < -0.3 is 5.11 Å². The van der Waals surface area contributed by atoms with Gasteiger partial charge >= 0.3 is 0 Å². The molecule has 4 heteroatoms. The maximum absolute atomic E-state index is 12.4. The molecule has 0 amide bonds. The van der Waals surface area contributed by atoms with Crippen molar-refractivity contribution in [2.24, 2.45) is 5.92 Å². The molecule has 0 bridgehead atoms. The predicted octanol–water partition coefficient (Wildman–Crippen LogP) is 4.47. The van der Waals surface area contributed by atoms with E-state index in [1.165, 1.54) is 0 Å². The van der Waals surface area contributed by atoms with E-state index in [2.05, 4.69) is 6.92 Å². The maximum Gasteiger partial charge on any atom is 0.191 e. The van der Waals surface area contributed by atoms with Crippen LogP contribution < -0.4 is 0 Å². The Morgan fingerprint density at radius 1 is 1.33 bits per heavy atom. The van der Waals surface area contributed by atoms with Crippen molar-refractivity contribution in [1.29, 1.82) is 0 Å². The smallest absolute Gasteiger partial charge is 0.191 e. The second kappa shape index (κ2) is 4.01. The number of carbonyl (C=O) groups excluding carboxylic acids is 1. The van der Waals surface area contributed by atoms with Gasteiger partial charge in [-0.15, -0.1) is 0 Å². The molecule has 0 saturated carbocycles. The molecular formula is C14H12Cl2O2. The maximum atomic E-state index is 12.4. The highest BCUT2D eigenvalue weighted by molar-refractivity contribution is 6.46. The van der Waals surface area contributed by atoms with E-state index < -0.39 is 0 Å². The van der Waals surface area contributed by atoms with Crippen LogP contribution in [-0.4, -0.2) is 10.9 Å². The number of phenols is 1. The second-order valence-corrected chi connectivity index (χ2v) is 5.72. The zero-order valence-electron chi connectivity index (χ0n) is 9.89. The lowest BCUT2D eigenvalue weighted by Gasteiger charge is -2.20. The number of hydrogen-bond donors (Lipinski definition) is 1. The summed E-state index contributed by atoms with van der Waals surface area (Å²) in [6.45, 7) is 2.06. The largest absolute Gasteiger partial charge is 0.506 e. The highest BCUT2D eigenvalue weighted by Gasteiger charge is 2.37. The van der Waals surface area contributed by atoms with Crippen LogP contribution in [0.2, 0.25) is 10.0 Å². The van der Waals surface area contributed by atoms with Gasteiger partial charge in [0.1, 0.15) is 10.8 Å². The molecule has 3 rings (SSSR count). The molecule has 1 aromatic carbocycles. The molecule has 1 aromatic rings. The zero-order chi connectivity index (χ0) is 13.0. The quantitative estimate of drug-likeness (QED) is 0.762. The van der Waals surface area contributed by atoms with Gasteiger partial charge in [0.25, 0.3) is 0 Å². The number of fused-ring (bicyclic) bond motifs is 2. The van der Waals surface area contributed by atoms with E-state index in [9.17, 15) is 9.90 Å². The SMILES string of the molecule is C[C@@H]1CCCC2=C1C(=O)c1c2cc(O)c(Cl)c1Cl. The summed E-state index contributed by atoms with van der Waals surface area (Å²) in [4.78, 5) is 12.4. The third-order valence-corrected chi connectivity index (χ3v) is 4.72. The van der Waals surface area contributed by atoms with Crippen LogP contribution in [0.15, 0.2) is 11.6 Å². The minimum absolute atomic E-state index is 0.0147. The van der Waals surface area contributed by atoms with Crippen molar-refractivity contribution in [3.63, 3.8) is 0 Å². The van der Waals surface area contributed by atoms with Gasteiger partial charge in [0.15, 0.2) is 5.78 Å². The van der Waals surface area contributed by atoms with E-state index in [4.69, 9.17) is 23.2 Å². The summed E-state index contributed by atoms with van der Waals surface area (Å²) in [7, 11) is 0.